The molecule has 2 N–H and O–H groups in total. The van der Waals surface area contributed by atoms with E-state index in [-0.39, 0.29) is 24.0 Å². The van der Waals surface area contributed by atoms with Gasteiger partial charge in [-0.3, -0.25) is 9.78 Å². The van der Waals surface area contributed by atoms with E-state index >= 15 is 8.78 Å². The van der Waals surface area contributed by atoms with Crippen LogP contribution in [0.4, 0.5) is 32.2 Å². The Bertz CT molecular complexity index is 1710. The molecule has 2 aliphatic carbocycles. The minimum atomic E-state index is -3.37. The number of anilines is 1. The molecular weight excluding hydrogens is 586 g/mol. The van der Waals surface area contributed by atoms with Crippen LogP contribution in [-0.4, -0.2) is 52.1 Å². The van der Waals surface area contributed by atoms with E-state index in [1.165, 1.54) is 6.20 Å². The second-order valence-electron chi connectivity index (χ2n) is 11.6. The number of aromatic nitrogens is 2. The van der Waals surface area contributed by atoms with Gasteiger partial charge in [0.15, 0.2) is 0 Å². The molecule has 7 nitrogen and oxygen atoms in total. The molecule has 3 aromatic rings. The summed E-state index contributed by atoms with van der Waals surface area (Å²) in [5, 5.41) is 9.82. The van der Waals surface area contributed by atoms with E-state index in [4.69, 9.17) is 0 Å². The summed E-state index contributed by atoms with van der Waals surface area (Å²) in [5.41, 5.74) is 2.17. The van der Waals surface area contributed by atoms with Crippen LogP contribution < -0.4 is 10.6 Å². The van der Waals surface area contributed by atoms with Crippen LogP contribution in [0.15, 0.2) is 65.2 Å². The molecule has 1 fully saturated rings. The molecule has 4 atom stereocenters. The standard InChI is InChI=1S/C31H26F6N6O/c32-18-7-15(8-19(33)11-18)9-23(26-20(4-2-5-38-26)17-10-16-3-1-6-39-30(16)40-13-17)41-24(44)14-43-28-25(27(42-43)29(34)35)21-12-22(21)31(28,36)37/h2,4-5,7-8,10-11,13,21-23,27,29H,1,3,6,9,12,14H2,(H-,39,40,41,44)/p+1/t21?,22?,23-,27?/m0/s1. The van der Waals surface area contributed by atoms with Crippen molar-refractivity contribution < 1.29 is 35.8 Å². The van der Waals surface area contributed by atoms with Crippen LogP contribution >= 0.6 is 0 Å². The first-order valence-corrected chi connectivity index (χ1v) is 14.4. The van der Waals surface area contributed by atoms with Gasteiger partial charge in [-0.1, -0.05) is 10.8 Å². The van der Waals surface area contributed by atoms with Crippen LogP contribution in [0.3, 0.4) is 0 Å². The molecule has 4 aliphatic rings. The minimum Gasteiger partial charge on any atom is -0.370 e. The zero-order valence-electron chi connectivity index (χ0n) is 23.2. The Balaban J connectivity index is 1.22. The van der Waals surface area contributed by atoms with Crippen LogP contribution in [0.5, 0.6) is 0 Å². The Morgan fingerprint density at radius 3 is 2.70 bits per heavy atom. The number of nitrogens with one attached hydrogen (secondary N) is 2. The van der Waals surface area contributed by atoms with Gasteiger partial charge in [-0.05, 0) is 72.1 Å². The zero-order valence-corrected chi connectivity index (χ0v) is 23.2. The number of pyridine rings is 2. The number of nitrogens with zero attached hydrogens (tertiary/aromatic N) is 4. The lowest BCUT2D eigenvalue weighted by molar-refractivity contribution is -0.548. The number of carbonyl (C=O) groups is 1. The van der Waals surface area contributed by atoms with Crippen molar-refractivity contribution in [2.45, 2.75) is 50.1 Å². The van der Waals surface area contributed by atoms with E-state index in [0.29, 0.717) is 21.5 Å². The topological polar surface area (TPSA) is 82.3 Å². The molecule has 1 amide bonds. The van der Waals surface area contributed by atoms with Crippen LogP contribution in [-0.2, 0) is 17.6 Å². The van der Waals surface area contributed by atoms with Crippen molar-refractivity contribution in [2.75, 3.05) is 18.4 Å². The van der Waals surface area contributed by atoms with Gasteiger partial charge in [-0.25, -0.2) is 22.5 Å². The second-order valence-corrected chi connectivity index (χ2v) is 11.6. The molecule has 228 valence electrons. The number of allylic oxidation sites excluding steroid dienone is 1. The zero-order chi connectivity index (χ0) is 30.7. The first-order chi connectivity index (χ1) is 21.1. The number of azo groups is 2. The van der Waals surface area contributed by atoms with Crippen molar-refractivity contribution >= 4 is 11.7 Å². The average molecular weight is 614 g/mol. The number of halogens is 6. The number of rotatable bonds is 8. The Kier molecular flexibility index (Phi) is 6.93. The number of hydrogen-bond acceptors (Lipinski definition) is 5. The largest absolute Gasteiger partial charge is 0.370 e. The SMILES string of the molecule is O=C(C[N+]1=NC(C(F)F)C2=C1C(F)(F)C1CC21)N[C@@H](Cc1cc(F)cc(F)c1)c1ncccc1-c1cnc2c(c1)CCCN2. The van der Waals surface area contributed by atoms with E-state index in [2.05, 4.69) is 25.7 Å². The molecule has 3 unspecified atom stereocenters. The quantitative estimate of drug-likeness (QED) is 0.248. The summed E-state index contributed by atoms with van der Waals surface area (Å²) in [4.78, 5) is 22.5. The third-order valence-corrected chi connectivity index (χ3v) is 8.68. The molecule has 1 aromatic carbocycles. The highest BCUT2D eigenvalue weighted by Crippen LogP contribution is 2.65. The Morgan fingerprint density at radius 2 is 1.93 bits per heavy atom. The molecule has 2 aliphatic heterocycles. The van der Waals surface area contributed by atoms with Crippen molar-refractivity contribution in [1.82, 2.24) is 15.3 Å². The van der Waals surface area contributed by atoms with Crippen molar-refractivity contribution in [3.8, 4) is 11.1 Å². The molecule has 0 radical (unpaired) electrons. The number of fused-ring (bicyclic) bond motifs is 3. The van der Waals surface area contributed by atoms with E-state index in [1.54, 1.807) is 18.3 Å². The van der Waals surface area contributed by atoms with Gasteiger partial charge < -0.3 is 10.6 Å². The Hall–Kier alpha value is -4.29. The molecule has 7 rings (SSSR count). The molecule has 4 heterocycles. The molecule has 0 bridgehead atoms. The first kappa shape index (κ1) is 28.5. The van der Waals surface area contributed by atoms with Gasteiger partial charge in [0.2, 0.25) is 6.04 Å². The summed E-state index contributed by atoms with van der Waals surface area (Å²) in [6, 6.07) is 5.72. The fourth-order valence-corrected chi connectivity index (χ4v) is 6.73. The van der Waals surface area contributed by atoms with Crippen molar-refractivity contribution in [2.24, 2.45) is 17.0 Å². The lowest BCUT2D eigenvalue weighted by atomic mass is 9.94. The van der Waals surface area contributed by atoms with E-state index < -0.39 is 66.1 Å². The van der Waals surface area contributed by atoms with E-state index in [1.807, 2.05) is 6.07 Å². The number of benzene rings is 1. The maximum absolute atomic E-state index is 15.1. The van der Waals surface area contributed by atoms with Crippen LogP contribution in [0, 0.1) is 23.5 Å². The molecule has 0 saturated heterocycles. The van der Waals surface area contributed by atoms with Crippen LogP contribution in [0.1, 0.15) is 35.7 Å². The summed E-state index contributed by atoms with van der Waals surface area (Å²) in [6.45, 7) is 0.0716. The Labute approximate surface area is 248 Å². The highest BCUT2D eigenvalue weighted by atomic mass is 19.3. The predicted octanol–water partition coefficient (Wildman–Crippen LogP) is 5.83. The number of alkyl halides is 4. The number of hydrogen-bond donors (Lipinski definition) is 2. The molecule has 0 spiro atoms. The summed E-state index contributed by atoms with van der Waals surface area (Å²) in [5.74, 6) is -6.73. The number of aryl methyl sites for hydroxylation is 1. The van der Waals surface area contributed by atoms with Gasteiger partial charge in [-0.15, -0.1) is 0 Å². The van der Waals surface area contributed by atoms with Gasteiger partial charge in [0.05, 0.1) is 11.7 Å². The average Bonchev–Trinajstić information content (AvgIpc) is 3.64. The van der Waals surface area contributed by atoms with Crippen molar-refractivity contribution in [1.29, 1.82) is 0 Å². The smallest absolute Gasteiger partial charge is 0.335 e. The molecular formula is C31H27F6N6O+. The third-order valence-electron chi connectivity index (χ3n) is 8.68. The van der Waals surface area contributed by atoms with E-state index in [9.17, 15) is 22.4 Å². The fourth-order valence-electron chi connectivity index (χ4n) is 6.73. The molecule has 13 heteroatoms. The highest BCUT2D eigenvalue weighted by molar-refractivity contribution is 5.78. The van der Waals surface area contributed by atoms with Crippen LogP contribution in [0.2, 0.25) is 0 Å². The van der Waals surface area contributed by atoms with Crippen molar-refractivity contribution in [3.05, 3.63) is 88.5 Å². The minimum absolute atomic E-state index is 0.0870. The van der Waals surface area contributed by atoms with Gasteiger partial charge >= 0.3 is 5.92 Å². The molecule has 1 saturated carbocycles. The second kappa shape index (κ2) is 10.7. The van der Waals surface area contributed by atoms with Crippen molar-refractivity contribution in [3.63, 3.8) is 0 Å². The lowest BCUT2D eigenvalue weighted by Gasteiger charge is -2.22. The van der Waals surface area contributed by atoms with E-state index in [0.717, 1.165) is 49.0 Å². The Morgan fingerprint density at radius 1 is 1.14 bits per heavy atom. The van der Waals surface area contributed by atoms with Gasteiger partial charge in [0.1, 0.15) is 17.5 Å². The first-order valence-electron chi connectivity index (χ1n) is 14.4. The molecule has 44 heavy (non-hydrogen) atoms. The summed E-state index contributed by atoms with van der Waals surface area (Å²) in [7, 11) is 0. The maximum atomic E-state index is 15.1. The summed E-state index contributed by atoms with van der Waals surface area (Å²) < 4.78 is 86.8. The normalized spacial score (nSPS) is 23.4. The summed E-state index contributed by atoms with van der Waals surface area (Å²) >= 11 is 0. The maximum Gasteiger partial charge on any atom is 0.335 e. The van der Waals surface area contributed by atoms with Gasteiger partial charge in [0.25, 0.3) is 24.6 Å². The molecule has 2 aromatic heterocycles. The van der Waals surface area contributed by atoms with Crippen LogP contribution in [0.25, 0.3) is 11.1 Å². The third kappa shape index (κ3) is 5.01. The van der Waals surface area contributed by atoms with Gasteiger partial charge in [-0.2, -0.15) is 8.78 Å². The fraction of sp³-hybridized carbons (Fsp3) is 0.387. The monoisotopic (exact) mass is 613 g/mol. The number of amides is 1. The van der Waals surface area contributed by atoms with Gasteiger partial charge in [0, 0.05) is 47.6 Å². The lowest BCUT2D eigenvalue weighted by Crippen LogP contribution is -2.38. The summed E-state index contributed by atoms with van der Waals surface area (Å²) in [6.07, 6.45) is 1.92. The number of carbonyl (C=O) groups excluding carboxylic acids is 1. The highest BCUT2D eigenvalue weighted by Gasteiger charge is 2.74. The predicted molar refractivity (Wildman–Crippen MR) is 146 cm³/mol.